The average Bonchev–Trinajstić information content (AvgIpc) is 1.93. The van der Waals surface area contributed by atoms with Gasteiger partial charge in [0.2, 0.25) is 0 Å². The van der Waals surface area contributed by atoms with Gasteiger partial charge in [0.1, 0.15) is 9.84 Å². The molecule has 0 aromatic heterocycles. The Labute approximate surface area is 83.7 Å². The largest absolute Gasteiger partial charge is 0.388 e. The summed E-state index contributed by atoms with van der Waals surface area (Å²) in [6.07, 6.45) is 2.69. The Morgan fingerprint density at radius 3 is 2.54 bits per heavy atom. The number of nitrogens with two attached hydrogens (primary N) is 1. The molecule has 0 aromatic rings. The minimum atomic E-state index is -2.82. The van der Waals surface area contributed by atoms with Crippen molar-refractivity contribution in [2.24, 2.45) is 5.73 Å². The van der Waals surface area contributed by atoms with Gasteiger partial charge in [0.05, 0.1) is 11.6 Å². The molecule has 0 unspecified atom stereocenters. The zero-order valence-corrected chi connectivity index (χ0v) is 9.38. The summed E-state index contributed by atoms with van der Waals surface area (Å²) in [5.74, 6) is 1.94. The molecule has 0 rings (SSSR count). The van der Waals surface area contributed by atoms with Crippen LogP contribution in [-0.4, -0.2) is 37.8 Å². The van der Waals surface area contributed by atoms with Gasteiger partial charge in [0.25, 0.3) is 0 Å². The Kier molecular flexibility index (Phi) is 6.15. The van der Waals surface area contributed by atoms with E-state index in [4.69, 9.17) is 11.1 Å². The summed E-state index contributed by atoms with van der Waals surface area (Å²) in [5, 5.41) is 6.95. The summed E-state index contributed by atoms with van der Waals surface area (Å²) in [4.78, 5) is 0. The monoisotopic (exact) mass is 224 g/mol. The minimum Gasteiger partial charge on any atom is -0.388 e. The van der Waals surface area contributed by atoms with E-state index in [0.717, 1.165) is 12.2 Å². The molecular formula is C7H16N2O2S2. The van der Waals surface area contributed by atoms with Crippen LogP contribution in [0.3, 0.4) is 0 Å². The van der Waals surface area contributed by atoms with E-state index >= 15 is 0 Å². The van der Waals surface area contributed by atoms with Crippen LogP contribution in [0.5, 0.6) is 0 Å². The van der Waals surface area contributed by atoms with Gasteiger partial charge in [-0.05, 0) is 12.2 Å². The van der Waals surface area contributed by atoms with E-state index in [9.17, 15) is 8.42 Å². The number of hydrogen-bond donors (Lipinski definition) is 2. The van der Waals surface area contributed by atoms with Gasteiger partial charge < -0.3 is 5.73 Å². The van der Waals surface area contributed by atoms with E-state index in [1.165, 1.54) is 6.26 Å². The highest BCUT2D eigenvalue weighted by atomic mass is 32.2. The first-order valence-corrected chi connectivity index (χ1v) is 7.22. The average molecular weight is 224 g/mol. The molecule has 0 radical (unpaired) electrons. The van der Waals surface area contributed by atoms with Crippen LogP contribution in [-0.2, 0) is 9.84 Å². The quantitative estimate of drug-likeness (QED) is 0.374. The summed E-state index contributed by atoms with van der Waals surface area (Å²) in [6, 6.07) is 0. The van der Waals surface area contributed by atoms with Crippen molar-refractivity contribution in [1.82, 2.24) is 0 Å². The number of nitrogens with one attached hydrogen (secondary N) is 1. The summed E-state index contributed by atoms with van der Waals surface area (Å²) < 4.78 is 21.4. The first-order chi connectivity index (χ1) is 5.92. The van der Waals surface area contributed by atoms with Gasteiger partial charge in [-0.25, -0.2) is 8.42 Å². The molecule has 0 aliphatic carbocycles. The molecule has 13 heavy (non-hydrogen) atoms. The molecule has 0 amide bonds. The number of rotatable bonds is 7. The van der Waals surface area contributed by atoms with Gasteiger partial charge in [-0.3, -0.25) is 5.41 Å². The van der Waals surface area contributed by atoms with E-state index in [-0.39, 0.29) is 11.6 Å². The second-order valence-electron chi connectivity index (χ2n) is 2.87. The lowest BCUT2D eigenvalue weighted by atomic mass is 10.3. The van der Waals surface area contributed by atoms with Crippen LogP contribution in [0.4, 0.5) is 0 Å². The Balaban J connectivity index is 3.23. The lowest BCUT2D eigenvalue weighted by Crippen LogP contribution is -2.09. The SMILES string of the molecule is CS(=O)(=O)CCSCCCC(=N)N. The second-order valence-corrected chi connectivity index (χ2v) is 6.36. The zero-order chi connectivity index (χ0) is 10.3. The van der Waals surface area contributed by atoms with Crippen molar-refractivity contribution in [3.05, 3.63) is 0 Å². The molecule has 0 bridgehead atoms. The van der Waals surface area contributed by atoms with E-state index in [1.54, 1.807) is 11.8 Å². The van der Waals surface area contributed by atoms with Crippen molar-refractivity contribution in [2.45, 2.75) is 12.8 Å². The lowest BCUT2D eigenvalue weighted by Gasteiger charge is -1.99. The number of amidine groups is 1. The number of sulfone groups is 1. The van der Waals surface area contributed by atoms with E-state index < -0.39 is 9.84 Å². The standard InChI is InChI=1S/C7H16N2O2S2/c1-13(10,11)6-5-12-4-2-3-7(8)9/h2-6H2,1H3,(H3,8,9). The van der Waals surface area contributed by atoms with Crippen LogP contribution in [0.2, 0.25) is 0 Å². The predicted octanol–water partition coefficient (Wildman–Crippen LogP) is 0.480. The van der Waals surface area contributed by atoms with Crippen LogP contribution in [0.1, 0.15) is 12.8 Å². The molecule has 0 spiro atoms. The van der Waals surface area contributed by atoms with Crippen LogP contribution in [0.25, 0.3) is 0 Å². The third-order valence-corrected chi connectivity index (χ3v) is 3.61. The molecule has 0 heterocycles. The number of hydrogen-bond acceptors (Lipinski definition) is 4. The second kappa shape index (κ2) is 6.26. The Morgan fingerprint density at radius 1 is 1.46 bits per heavy atom. The van der Waals surface area contributed by atoms with Crippen molar-refractivity contribution in [2.75, 3.05) is 23.5 Å². The van der Waals surface area contributed by atoms with Gasteiger partial charge in [-0.1, -0.05) is 0 Å². The maximum atomic E-state index is 10.7. The minimum absolute atomic E-state index is 0.198. The fraction of sp³-hybridized carbons (Fsp3) is 0.857. The van der Waals surface area contributed by atoms with Gasteiger partial charge in [0, 0.05) is 18.4 Å². The zero-order valence-electron chi connectivity index (χ0n) is 7.75. The molecule has 6 heteroatoms. The summed E-state index contributed by atoms with van der Waals surface area (Å²) in [5.41, 5.74) is 5.15. The topological polar surface area (TPSA) is 84.0 Å². The molecule has 4 nitrogen and oxygen atoms in total. The first-order valence-electron chi connectivity index (χ1n) is 4.00. The molecule has 0 saturated heterocycles. The van der Waals surface area contributed by atoms with Gasteiger partial charge in [-0.2, -0.15) is 11.8 Å². The summed E-state index contributed by atoms with van der Waals surface area (Å²) >= 11 is 1.59. The van der Waals surface area contributed by atoms with Crippen LogP contribution < -0.4 is 5.73 Å². The van der Waals surface area contributed by atoms with Crippen LogP contribution >= 0.6 is 11.8 Å². The Morgan fingerprint density at radius 2 is 2.08 bits per heavy atom. The Bertz CT molecular complexity index is 249. The highest BCUT2D eigenvalue weighted by molar-refractivity contribution is 8.00. The molecular weight excluding hydrogens is 208 g/mol. The molecule has 3 N–H and O–H groups in total. The van der Waals surface area contributed by atoms with Crippen LogP contribution in [0, 0.1) is 5.41 Å². The van der Waals surface area contributed by atoms with Crippen molar-refractivity contribution in [1.29, 1.82) is 5.41 Å². The predicted molar refractivity (Wildman–Crippen MR) is 58.2 cm³/mol. The maximum Gasteiger partial charge on any atom is 0.148 e. The highest BCUT2D eigenvalue weighted by Crippen LogP contribution is 2.04. The summed E-state index contributed by atoms with van der Waals surface area (Å²) in [6.45, 7) is 0. The van der Waals surface area contributed by atoms with E-state index in [1.807, 2.05) is 0 Å². The summed E-state index contributed by atoms with van der Waals surface area (Å²) in [7, 11) is -2.82. The smallest absolute Gasteiger partial charge is 0.148 e. The van der Waals surface area contributed by atoms with Crippen LogP contribution in [0.15, 0.2) is 0 Å². The third-order valence-electron chi connectivity index (χ3n) is 1.33. The normalized spacial score (nSPS) is 11.5. The van der Waals surface area contributed by atoms with E-state index in [2.05, 4.69) is 0 Å². The van der Waals surface area contributed by atoms with Gasteiger partial charge >= 0.3 is 0 Å². The molecule has 78 valence electrons. The molecule has 0 aromatic carbocycles. The van der Waals surface area contributed by atoms with Gasteiger partial charge in [-0.15, -0.1) is 0 Å². The van der Waals surface area contributed by atoms with Crippen molar-refractivity contribution in [3.8, 4) is 0 Å². The molecule has 0 fully saturated rings. The molecule has 0 atom stereocenters. The molecule has 0 aliphatic rings. The Hall–Kier alpha value is -0.230. The first kappa shape index (κ1) is 12.8. The fourth-order valence-corrected chi connectivity index (χ4v) is 2.91. The molecule has 0 saturated carbocycles. The van der Waals surface area contributed by atoms with Crippen molar-refractivity contribution in [3.63, 3.8) is 0 Å². The third kappa shape index (κ3) is 11.8. The fourth-order valence-electron chi connectivity index (χ4n) is 0.677. The highest BCUT2D eigenvalue weighted by Gasteiger charge is 2.00. The van der Waals surface area contributed by atoms with Gasteiger partial charge in [0.15, 0.2) is 0 Å². The number of thioether (sulfide) groups is 1. The maximum absolute atomic E-state index is 10.7. The van der Waals surface area contributed by atoms with Crippen molar-refractivity contribution >= 4 is 27.4 Å². The van der Waals surface area contributed by atoms with E-state index in [0.29, 0.717) is 12.2 Å². The van der Waals surface area contributed by atoms with Crippen molar-refractivity contribution < 1.29 is 8.42 Å². The lowest BCUT2D eigenvalue weighted by molar-refractivity contribution is 0.603. The molecule has 0 aliphatic heterocycles.